The zero-order valence-corrected chi connectivity index (χ0v) is 8.97. The molecule has 0 N–H and O–H groups in total. The molecular weight excluding hydrogens is 160 g/mol. The zero-order chi connectivity index (χ0) is 9.68. The van der Waals surface area contributed by atoms with Crippen LogP contribution in [0, 0.1) is 5.92 Å². The van der Waals surface area contributed by atoms with Gasteiger partial charge in [-0.2, -0.15) is 0 Å². The Kier molecular flexibility index (Phi) is 4.07. The zero-order valence-electron chi connectivity index (χ0n) is 8.97. The quantitative estimate of drug-likeness (QED) is 0.465. The van der Waals surface area contributed by atoms with Gasteiger partial charge in [0.05, 0.1) is 13.4 Å². The van der Waals surface area contributed by atoms with Crippen LogP contribution >= 0.6 is 0 Å². The Morgan fingerprint density at radius 3 is 2.85 bits per heavy atom. The monoisotopic (exact) mass is 180 g/mol. The van der Waals surface area contributed by atoms with Crippen molar-refractivity contribution in [1.29, 1.82) is 0 Å². The molecule has 0 amide bonds. The van der Waals surface area contributed by atoms with Crippen LogP contribution in [0.5, 0.6) is 0 Å². The van der Waals surface area contributed by atoms with Crippen LogP contribution in [0.3, 0.4) is 0 Å². The van der Waals surface area contributed by atoms with Crippen LogP contribution in [-0.2, 0) is 4.74 Å². The predicted octanol–water partition coefficient (Wildman–Crippen LogP) is 3.67. The maximum atomic E-state index is 5.05. The Morgan fingerprint density at radius 1 is 1.46 bits per heavy atom. The molecule has 0 saturated heterocycles. The number of ether oxygens (including phenoxy) is 1. The summed E-state index contributed by atoms with van der Waals surface area (Å²) >= 11 is 0. The van der Waals surface area contributed by atoms with Gasteiger partial charge >= 0.3 is 0 Å². The van der Waals surface area contributed by atoms with Crippen LogP contribution < -0.4 is 0 Å². The molecule has 1 heteroatoms. The normalized spacial score (nSPS) is 25.8. The van der Waals surface area contributed by atoms with E-state index >= 15 is 0 Å². The average molecular weight is 180 g/mol. The van der Waals surface area contributed by atoms with Crippen LogP contribution in [0.2, 0.25) is 0 Å². The van der Waals surface area contributed by atoms with Gasteiger partial charge in [0, 0.05) is 0 Å². The maximum Gasteiger partial charge on any atom is 0.0816 e. The van der Waals surface area contributed by atoms with Crippen molar-refractivity contribution in [2.24, 2.45) is 5.92 Å². The summed E-state index contributed by atoms with van der Waals surface area (Å²) in [6.45, 7) is 4.35. The number of hydrogen-bond donors (Lipinski definition) is 0. The second kappa shape index (κ2) is 5.11. The maximum absolute atomic E-state index is 5.05. The Hall–Kier alpha value is -0.720. The molecule has 1 fully saturated rings. The standard InChI is InChI=1S/C12H20O/c1-10(2)7-11-5-4-6-12(8-11)9-13-3/h7,9,11H,4-6,8H2,1-3H3. The molecule has 74 valence electrons. The van der Waals surface area contributed by atoms with Crippen molar-refractivity contribution in [3.8, 4) is 0 Å². The van der Waals surface area contributed by atoms with Crippen LogP contribution in [0.4, 0.5) is 0 Å². The van der Waals surface area contributed by atoms with E-state index < -0.39 is 0 Å². The topological polar surface area (TPSA) is 9.23 Å². The first kappa shape index (κ1) is 10.4. The number of methoxy groups -OCH3 is 1. The molecule has 0 heterocycles. The molecule has 0 bridgehead atoms. The Balaban J connectivity index is 2.51. The summed E-state index contributed by atoms with van der Waals surface area (Å²) in [6.07, 6.45) is 9.38. The van der Waals surface area contributed by atoms with E-state index in [1.54, 1.807) is 7.11 Å². The molecule has 0 radical (unpaired) electrons. The smallest absolute Gasteiger partial charge is 0.0816 e. The summed E-state index contributed by atoms with van der Waals surface area (Å²) in [5.74, 6) is 0.750. The highest BCUT2D eigenvalue weighted by atomic mass is 16.5. The van der Waals surface area contributed by atoms with Crippen molar-refractivity contribution >= 4 is 0 Å². The summed E-state index contributed by atoms with van der Waals surface area (Å²) in [5, 5.41) is 0. The molecule has 13 heavy (non-hydrogen) atoms. The summed E-state index contributed by atoms with van der Waals surface area (Å²) in [6, 6.07) is 0. The van der Waals surface area contributed by atoms with Crippen LogP contribution in [0.15, 0.2) is 23.5 Å². The number of rotatable bonds is 2. The third kappa shape index (κ3) is 3.67. The molecule has 1 saturated carbocycles. The lowest BCUT2D eigenvalue weighted by Gasteiger charge is -2.21. The van der Waals surface area contributed by atoms with E-state index in [4.69, 9.17) is 4.74 Å². The van der Waals surface area contributed by atoms with E-state index in [-0.39, 0.29) is 0 Å². The Bertz CT molecular complexity index is 209. The first-order valence-electron chi connectivity index (χ1n) is 5.08. The fourth-order valence-corrected chi connectivity index (χ4v) is 2.02. The van der Waals surface area contributed by atoms with E-state index in [1.807, 2.05) is 6.26 Å². The molecule has 1 rings (SSSR count). The summed E-state index contributed by atoms with van der Waals surface area (Å²) in [4.78, 5) is 0. The van der Waals surface area contributed by atoms with Gasteiger partial charge in [0.2, 0.25) is 0 Å². The lowest BCUT2D eigenvalue weighted by atomic mass is 9.85. The minimum absolute atomic E-state index is 0.750. The van der Waals surface area contributed by atoms with Gasteiger partial charge in [-0.3, -0.25) is 0 Å². The minimum atomic E-state index is 0.750. The number of hydrogen-bond acceptors (Lipinski definition) is 1. The summed E-state index contributed by atoms with van der Waals surface area (Å²) < 4.78 is 5.05. The average Bonchev–Trinajstić information content (AvgIpc) is 2.04. The minimum Gasteiger partial charge on any atom is -0.504 e. The second-order valence-corrected chi connectivity index (χ2v) is 4.11. The largest absolute Gasteiger partial charge is 0.504 e. The van der Waals surface area contributed by atoms with Gasteiger partial charge in [0.15, 0.2) is 0 Å². The Morgan fingerprint density at radius 2 is 2.23 bits per heavy atom. The van der Waals surface area contributed by atoms with E-state index in [9.17, 15) is 0 Å². The van der Waals surface area contributed by atoms with Gasteiger partial charge in [0.25, 0.3) is 0 Å². The molecule has 1 aliphatic rings. The summed E-state index contributed by atoms with van der Waals surface area (Å²) in [5.41, 5.74) is 2.90. The second-order valence-electron chi connectivity index (χ2n) is 4.11. The molecule has 0 aromatic carbocycles. The van der Waals surface area contributed by atoms with Gasteiger partial charge in [-0.15, -0.1) is 0 Å². The van der Waals surface area contributed by atoms with Gasteiger partial charge in [0.1, 0.15) is 0 Å². The highest BCUT2D eigenvalue weighted by molar-refractivity contribution is 5.08. The van der Waals surface area contributed by atoms with Gasteiger partial charge in [-0.05, 0) is 51.0 Å². The van der Waals surface area contributed by atoms with Crippen molar-refractivity contribution in [3.63, 3.8) is 0 Å². The molecule has 1 nitrogen and oxygen atoms in total. The van der Waals surface area contributed by atoms with Crippen molar-refractivity contribution in [2.75, 3.05) is 7.11 Å². The fraction of sp³-hybridized carbons (Fsp3) is 0.667. The van der Waals surface area contributed by atoms with Crippen molar-refractivity contribution in [1.82, 2.24) is 0 Å². The predicted molar refractivity (Wildman–Crippen MR) is 56.5 cm³/mol. The summed E-state index contributed by atoms with van der Waals surface area (Å²) in [7, 11) is 1.73. The first-order chi connectivity index (χ1) is 6.22. The Labute approximate surface area is 81.5 Å². The molecule has 1 aliphatic carbocycles. The molecule has 0 aromatic rings. The highest BCUT2D eigenvalue weighted by Crippen LogP contribution is 2.29. The van der Waals surface area contributed by atoms with Gasteiger partial charge < -0.3 is 4.74 Å². The fourth-order valence-electron chi connectivity index (χ4n) is 2.02. The van der Waals surface area contributed by atoms with Crippen molar-refractivity contribution in [2.45, 2.75) is 39.5 Å². The third-order valence-corrected chi connectivity index (χ3v) is 2.45. The SMILES string of the molecule is COC=C1CCCC(C=C(C)C)C1. The van der Waals surface area contributed by atoms with E-state index in [1.165, 1.54) is 36.8 Å². The van der Waals surface area contributed by atoms with Crippen LogP contribution in [-0.4, -0.2) is 7.11 Å². The molecule has 0 aliphatic heterocycles. The van der Waals surface area contributed by atoms with Crippen LogP contribution in [0.25, 0.3) is 0 Å². The molecular formula is C12H20O. The van der Waals surface area contributed by atoms with E-state index in [0.717, 1.165) is 5.92 Å². The first-order valence-corrected chi connectivity index (χ1v) is 5.08. The number of allylic oxidation sites excluding steroid dienone is 3. The molecule has 0 spiro atoms. The molecule has 1 unspecified atom stereocenters. The lowest BCUT2D eigenvalue weighted by Crippen LogP contribution is -2.06. The van der Waals surface area contributed by atoms with E-state index in [0.29, 0.717) is 0 Å². The van der Waals surface area contributed by atoms with Crippen LogP contribution in [0.1, 0.15) is 39.5 Å². The van der Waals surface area contributed by atoms with Gasteiger partial charge in [-0.25, -0.2) is 0 Å². The van der Waals surface area contributed by atoms with Crippen molar-refractivity contribution in [3.05, 3.63) is 23.5 Å². The van der Waals surface area contributed by atoms with E-state index in [2.05, 4.69) is 19.9 Å². The van der Waals surface area contributed by atoms with Gasteiger partial charge in [-0.1, -0.05) is 11.6 Å². The highest BCUT2D eigenvalue weighted by Gasteiger charge is 2.14. The third-order valence-electron chi connectivity index (χ3n) is 2.45. The molecule has 1 atom stereocenters. The van der Waals surface area contributed by atoms with Crippen molar-refractivity contribution < 1.29 is 4.74 Å². The lowest BCUT2D eigenvalue weighted by molar-refractivity contribution is 0.324. The molecule has 0 aromatic heterocycles.